The first-order valence-corrected chi connectivity index (χ1v) is 13.4. The lowest BCUT2D eigenvalue weighted by Gasteiger charge is -2.33. The molecular formula is C28H32FN3O4S. The van der Waals surface area contributed by atoms with Crippen LogP contribution in [-0.2, 0) is 26.2 Å². The average Bonchev–Trinajstić information content (AvgIpc) is 2.89. The maximum Gasteiger partial charge on any atom is 0.264 e. The topological polar surface area (TPSA) is 86.8 Å². The molecule has 1 N–H and O–H groups in total. The number of anilines is 1. The molecular weight excluding hydrogens is 493 g/mol. The van der Waals surface area contributed by atoms with E-state index in [9.17, 15) is 22.4 Å². The molecule has 1 atom stereocenters. The SMILES string of the molecule is CC[C@H](C(=O)NC)N(Cc1ccc(F)cc1)C(=O)CN(c1cc(C)ccc1C)S(=O)(=O)c1ccccc1. The van der Waals surface area contributed by atoms with Crippen molar-refractivity contribution in [3.05, 3.63) is 95.3 Å². The maximum absolute atomic E-state index is 13.9. The van der Waals surface area contributed by atoms with Gasteiger partial charge in [-0.25, -0.2) is 12.8 Å². The van der Waals surface area contributed by atoms with Gasteiger partial charge in [-0.15, -0.1) is 0 Å². The third-order valence-electron chi connectivity index (χ3n) is 6.14. The molecule has 0 fully saturated rings. The molecule has 0 spiro atoms. The number of carbonyl (C=O) groups is 2. The van der Waals surface area contributed by atoms with E-state index >= 15 is 0 Å². The van der Waals surface area contributed by atoms with Crippen molar-refractivity contribution in [3.63, 3.8) is 0 Å². The smallest absolute Gasteiger partial charge is 0.264 e. The van der Waals surface area contributed by atoms with Gasteiger partial charge in [-0.1, -0.05) is 49.4 Å². The molecule has 0 aliphatic carbocycles. The summed E-state index contributed by atoms with van der Waals surface area (Å²) in [7, 11) is -2.64. The highest BCUT2D eigenvalue weighted by Crippen LogP contribution is 2.28. The third-order valence-corrected chi connectivity index (χ3v) is 7.92. The number of nitrogens with zero attached hydrogens (tertiary/aromatic N) is 2. The number of nitrogens with one attached hydrogen (secondary N) is 1. The van der Waals surface area contributed by atoms with Gasteiger partial charge in [0.1, 0.15) is 18.4 Å². The fourth-order valence-corrected chi connectivity index (χ4v) is 5.59. The van der Waals surface area contributed by atoms with E-state index in [2.05, 4.69) is 5.32 Å². The van der Waals surface area contributed by atoms with E-state index in [-0.39, 0.29) is 17.3 Å². The van der Waals surface area contributed by atoms with Crippen LogP contribution in [0.4, 0.5) is 10.1 Å². The van der Waals surface area contributed by atoms with Crippen LogP contribution in [0.15, 0.2) is 77.7 Å². The van der Waals surface area contributed by atoms with Gasteiger partial charge in [0.05, 0.1) is 10.6 Å². The lowest BCUT2D eigenvalue weighted by atomic mass is 10.1. The highest BCUT2D eigenvalue weighted by molar-refractivity contribution is 7.92. The second-order valence-corrected chi connectivity index (χ2v) is 10.7. The Morgan fingerprint density at radius 1 is 0.973 bits per heavy atom. The van der Waals surface area contributed by atoms with Crippen molar-refractivity contribution in [2.45, 2.75) is 44.7 Å². The Kier molecular flexibility index (Phi) is 9.04. The normalized spacial score (nSPS) is 12.0. The van der Waals surface area contributed by atoms with Gasteiger partial charge in [-0.05, 0) is 67.3 Å². The van der Waals surface area contributed by atoms with Crippen LogP contribution in [0.3, 0.4) is 0 Å². The van der Waals surface area contributed by atoms with Crippen molar-refractivity contribution in [3.8, 4) is 0 Å². The third kappa shape index (κ3) is 6.54. The number of likely N-dealkylation sites (N-methyl/N-ethyl adjacent to an activating group) is 1. The van der Waals surface area contributed by atoms with Gasteiger partial charge in [0, 0.05) is 13.6 Å². The number of aryl methyl sites for hydroxylation is 2. The van der Waals surface area contributed by atoms with Crippen molar-refractivity contribution in [1.29, 1.82) is 0 Å². The van der Waals surface area contributed by atoms with Crippen molar-refractivity contribution < 1.29 is 22.4 Å². The standard InChI is InChI=1S/C28H32FN3O4S/c1-5-25(28(34)30-4)31(18-22-13-15-23(29)16-14-22)27(33)19-32(26-17-20(2)11-12-21(26)3)37(35,36)24-9-7-6-8-10-24/h6-17,25H,5,18-19H2,1-4H3,(H,30,34)/t25-/m1/s1. The summed E-state index contributed by atoms with van der Waals surface area (Å²) in [4.78, 5) is 28.0. The minimum atomic E-state index is -4.12. The van der Waals surface area contributed by atoms with Gasteiger partial charge in [0.25, 0.3) is 10.0 Å². The first kappa shape index (κ1) is 27.9. The van der Waals surface area contributed by atoms with E-state index in [4.69, 9.17) is 0 Å². The predicted octanol–water partition coefficient (Wildman–Crippen LogP) is 4.19. The minimum absolute atomic E-state index is 0.0110. The molecule has 0 saturated carbocycles. The van der Waals surface area contributed by atoms with E-state index in [1.54, 1.807) is 44.2 Å². The van der Waals surface area contributed by atoms with Gasteiger partial charge in [0.2, 0.25) is 11.8 Å². The minimum Gasteiger partial charge on any atom is -0.357 e. The quantitative estimate of drug-likeness (QED) is 0.430. The molecule has 9 heteroatoms. The van der Waals surface area contributed by atoms with Crippen LogP contribution in [0.2, 0.25) is 0 Å². The zero-order valence-electron chi connectivity index (χ0n) is 21.4. The molecule has 0 saturated heterocycles. The first-order chi connectivity index (χ1) is 17.6. The van der Waals surface area contributed by atoms with Crippen LogP contribution in [0, 0.1) is 19.7 Å². The summed E-state index contributed by atoms with van der Waals surface area (Å²) in [5.41, 5.74) is 2.51. The predicted molar refractivity (Wildman–Crippen MR) is 142 cm³/mol. The number of benzene rings is 3. The molecule has 3 rings (SSSR count). The first-order valence-electron chi connectivity index (χ1n) is 12.0. The number of halogens is 1. The van der Waals surface area contributed by atoms with Gasteiger partial charge < -0.3 is 10.2 Å². The monoisotopic (exact) mass is 525 g/mol. The Bertz CT molecular complexity index is 1350. The fourth-order valence-electron chi connectivity index (χ4n) is 4.09. The summed E-state index contributed by atoms with van der Waals surface area (Å²) in [6.45, 7) is 4.89. The molecule has 7 nitrogen and oxygen atoms in total. The van der Waals surface area contributed by atoms with E-state index in [1.165, 1.54) is 48.3 Å². The van der Waals surface area contributed by atoms with Crippen LogP contribution in [0.25, 0.3) is 0 Å². The summed E-state index contributed by atoms with van der Waals surface area (Å²) in [5, 5.41) is 2.58. The van der Waals surface area contributed by atoms with Crippen molar-refractivity contribution in [2.75, 3.05) is 17.9 Å². The highest BCUT2D eigenvalue weighted by Gasteiger charge is 2.33. The zero-order valence-corrected chi connectivity index (χ0v) is 22.3. The van der Waals surface area contributed by atoms with E-state index in [1.807, 2.05) is 13.0 Å². The fraction of sp³-hybridized carbons (Fsp3) is 0.286. The second kappa shape index (κ2) is 12.0. The number of amides is 2. The van der Waals surface area contributed by atoms with Gasteiger partial charge >= 0.3 is 0 Å². The van der Waals surface area contributed by atoms with Gasteiger partial charge in [-0.2, -0.15) is 0 Å². The Labute approximate surface area is 218 Å². The molecule has 0 aromatic heterocycles. The van der Waals surface area contributed by atoms with E-state index < -0.39 is 34.3 Å². The number of rotatable bonds is 10. The lowest BCUT2D eigenvalue weighted by Crippen LogP contribution is -2.51. The Balaban J connectivity index is 2.09. The molecule has 196 valence electrons. The lowest BCUT2D eigenvalue weighted by molar-refractivity contribution is -0.140. The van der Waals surface area contributed by atoms with Crippen LogP contribution in [0.5, 0.6) is 0 Å². The van der Waals surface area contributed by atoms with Crippen molar-refractivity contribution in [2.24, 2.45) is 0 Å². The van der Waals surface area contributed by atoms with Crippen molar-refractivity contribution >= 4 is 27.5 Å². The second-order valence-electron chi connectivity index (χ2n) is 8.80. The average molecular weight is 526 g/mol. The highest BCUT2D eigenvalue weighted by atomic mass is 32.2. The summed E-state index contributed by atoms with van der Waals surface area (Å²) in [5.74, 6) is -1.35. The molecule has 0 bridgehead atoms. The van der Waals surface area contributed by atoms with Crippen LogP contribution in [0.1, 0.15) is 30.0 Å². The summed E-state index contributed by atoms with van der Waals surface area (Å²) >= 11 is 0. The molecule has 0 unspecified atom stereocenters. The number of hydrogen-bond donors (Lipinski definition) is 1. The van der Waals surface area contributed by atoms with Crippen LogP contribution >= 0.6 is 0 Å². The Hall–Kier alpha value is -3.72. The van der Waals surface area contributed by atoms with Gasteiger partial charge in [0.15, 0.2) is 0 Å². The van der Waals surface area contributed by atoms with E-state index in [0.29, 0.717) is 23.2 Å². The molecule has 3 aromatic carbocycles. The molecule has 0 radical (unpaired) electrons. The molecule has 0 heterocycles. The maximum atomic E-state index is 13.9. The summed E-state index contributed by atoms with van der Waals surface area (Å²) < 4.78 is 42.2. The molecule has 0 aliphatic rings. The zero-order chi connectivity index (χ0) is 27.2. The largest absolute Gasteiger partial charge is 0.357 e. The van der Waals surface area contributed by atoms with Crippen LogP contribution < -0.4 is 9.62 Å². The molecule has 2 amide bonds. The summed E-state index contributed by atoms with van der Waals surface area (Å²) in [6, 6.07) is 18.1. The van der Waals surface area contributed by atoms with E-state index in [0.717, 1.165) is 9.87 Å². The number of carbonyl (C=O) groups excluding carboxylic acids is 2. The van der Waals surface area contributed by atoms with Gasteiger partial charge in [-0.3, -0.25) is 13.9 Å². The summed E-state index contributed by atoms with van der Waals surface area (Å²) in [6.07, 6.45) is 0.307. The van der Waals surface area contributed by atoms with Crippen LogP contribution in [-0.4, -0.2) is 44.8 Å². The van der Waals surface area contributed by atoms with Crippen molar-refractivity contribution in [1.82, 2.24) is 10.2 Å². The number of hydrogen-bond acceptors (Lipinski definition) is 4. The molecule has 37 heavy (non-hydrogen) atoms. The Morgan fingerprint density at radius 2 is 1.62 bits per heavy atom. The number of sulfonamides is 1. The molecule has 0 aliphatic heterocycles. The molecule has 3 aromatic rings. The Morgan fingerprint density at radius 3 is 2.22 bits per heavy atom.